The fourth-order valence-electron chi connectivity index (χ4n) is 1.26. The van der Waals surface area contributed by atoms with E-state index in [0.717, 1.165) is 6.42 Å². The number of amides is 1. The third-order valence-electron chi connectivity index (χ3n) is 2.34. The van der Waals surface area contributed by atoms with Gasteiger partial charge in [-0.05, 0) is 6.42 Å². The van der Waals surface area contributed by atoms with Crippen LogP contribution in [0.1, 0.15) is 33.6 Å². The normalized spacial score (nSPS) is 23.8. The van der Waals surface area contributed by atoms with Gasteiger partial charge in [-0.25, -0.2) is 0 Å². The lowest BCUT2D eigenvalue weighted by Crippen LogP contribution is -2.33. The number of nitrogens with two attached hydrogens (primary N) is 1. The predicted octanol–water partition coefficient (Wildman–Crippen LogP) is 0.668. The third kappa shape index (κ3) is 3.01. The van der Waals surface area contributed by atoms with Crippen LogP contribution in [-0.4, -0.2) is 24.3 Å². The van der Waals surface area contributed by atoms with E-state index in [-0.39, 0.29) is 17.4 Å². The van der Waals surface area contributed by atoms with E-state index in [0.29, 0.717) is 18.8 Å². The zero-order valence-electron chi connectivity index (χ0n) is 9.13. The number of nitrogens with one attached hydrogen (secondary N) is 1. The minimum atomic E-state index is -0.0807. The Kier molecular flexibility index (Phi) is 3.13. The van der Waals surface area contributed by atoms with E-state index < -0.39 is 0 Å². The van der Waals surface area contributed by atoms with Crippen molar-refractivity contribution >= 4 is 11.7 Å². The molecule has 0 spiro atoms. The second kappa shape index (κ2) is 3.98. The van der Waals surface area contributed by atoms with Crippen molar-refractivity contribution in [3.8, 4) is 0 Å². The number of rotatable bonds is 2. The summed E-state index contributed by atoms with van der Waals surface area (Å²) in [7, 11) is 0. The molecule has 1 rings (SSSR count). The molecule has 0 radical (unpaired) electrons. The molecule has 0 aromatic heterocycles. The van der Waals surface area contributed by atoms with Gasteiger partial charge < -0.3 is 11.1 Å². The van der Waals surface area contributed by atoms with Crippen molar-refractivity contribution in [1.82, 2.24) is 5.32 Å². The van der Waals surface area contributed by atoms with Gasteiger partial charge in [0.15, 0.2) is 0 Å². The van der Waals surface area contributed by atoms with Crippen molar-refractivity contribution in [3.05, 3.63) is 0 Å². The number of aliphatic imine (C=N–C) groups is 1. The quantitative estimate of drug-likeness (QED) is 0.504. The predicted molar refractivity (Wildman–Crippen MR) is 57.1 cm³/mol. The van der Waals surface area contributed by atoms with Crippen LogP contribution in [-0.2, 0) is 4.79 Å². The second-order valence-corrected chi connectivity index (χ2v) is 4.78. The van der Waals surface area contributed by atoms with Crippen LogP contribution >= 0.6 is 0 Å². The molecule has 1 aliphatic rings. The zero-order valence-corrected chi connectivity index (χ0v) is 9.13. The molecule has 0 aliphatic carbocycles. The number of hydrogen-bond donors (Lipinski definition) is 2. The van der Waals surface area contributed by atoms with Gasteiger partial charge in [-0.1, -0.05) is 20.8 Å². The van der Waals surface area contributed by atoms with Gasteiger partial charge in [0.2, 0.25) is 5.91 Å². The summed E-state index contributed by atoms with van der Waals surface area (Å²) in [5, 5.41) is 2.86. The van der Waals surface area contributed by atoms with Crippen LogP contribution in [0.4, 0.5) is 0 Å². The first-order valence-electron chi connectivity index (χ1n) is 4.99. The summed E-state index contributed by atoms with van der Waals surface area (Å²) in [5.41, 5.74) is 5.72. The summed E-state index contributed by atoms with van der Waals surface area (Å²) in [6.45, 7) is 6.69. The molecule has 1 heterocycles. The van der Waals surface area contributed by atoms with Crippen LogP contribution in [0.5, 0.6) is 0 Å². The Hall–Kier alpha value is -1.06. The van der Waals surface area contributed by atoms with Crippen molar-refractivity contribution in [2.75, 3.05) is 6.54 Å². The smallest absolute Gasteiger partial charge is 0.220 e. The highest BCUT2D eigenvalue weighted by Crippen LogP contribution is 2.13. The lowest BCUT2D eigenvalue weighted by atomic mass is 9.95. The van der Waals surface area contributed by atoms with Crippen molar-refractivity contribution in [3.63, 3.8) is 0 Å². The molecule has 1 aliphatic heterocycles. The van der Waals surface area contributed by atoms with E-state index >= 15 is 0 Å². The third-order valence-corrected chi connectivity index (χ3v) is 2.34. The molecule has 0 aromatic rings. The van der Waals surface area contributed by atoms with Gasteiger partial charge in [-0.15, -0.1) is 0 Å². The molecule has 0 bridgehead atoms. The van der Waals surface area contributed by atoms with Gasteiger partial charge in [-0.2, -0.15) is 0 Å². The van der Waals surface area contributed by atoms with Crippen LogP contribution < -0.4 is 11.1 Å². The SMILES string of the molecule is CC(C)(C)C(N)=NCC1CCC(=O)N1. The van der Waals surface area contributed by atoms with E-state index in [4.69, 9.17) is 5.73 Å². The van der Waals surface area contributed by atoms with Gasteiger partial charge in [0.25, 0.3) is 0 Å². The van der Waals surface area contributed by atoms with Gasteiger partial charge in [0.1, 0.15) is 0 Å². The Morgan fingerprint density at radius 2 is 2.29 bits per heavy atom. The largest absolute Gasteiger partial charge is 0.387 e. The topological polar surface area (TPSA) is 67.5 Å². The number of amidine groups is 1. The Balaban J connectivity index is 2.43. The lowest BCUT2D eigenvalue weighted by molar-refractivity contribution is -0.119. The van der Waals surface area contributed by atoms with E-state index in [1.54, 1.807) is 0 Å². The summed E-state index contributed by atoms with van der Waals surface area (Å²) in [6.07, 6.45) is 1.50. The molecule has 1 saturated heterocycles. The Bertz CT molecular complexity index is 253. The molecule has 1 unspecified atom stereocenters. The Morgan fingerprint density at radius 1 is 1.64 bits per heavy atom. The first kappa shape index (κ1) is 11.0. The Labute approximate surface area is 85.0 Å². The van der Waals surface area contributed by atoms with Crippen LogP contribution in [0, 0.1) is 5.41 Å². The van der Waals surface area contributed by atoms with Crippen LogP contribution in [0.25, 0.3) is 0 Å². The molecule has 1 atom stereocenters. The average Bonchev–Trinajstić information content (AvgIpc) is 2.45. The summed E-state index contributed by atoms with van der Waals surface area (Å²) < 4.78 is 0. The Morgan fingerprint density at radius 3 is 2.71 bits per heavy atom. The van der Waals surface area contributed by atoms with E-state index in [2.05, 4.69) is 10.3 Å². The van der Waals surface area contributed by atoms with Crippen molar-refractivity contribution < 1.29 is 4.79 Å². The highest BCUT2D eigenvalue weighted by molar-refractivity contribution is 5.85. The van der Waals surface area contributed by atoms with Crippen LogP contribution in [0.3, 0.4) is 0 Å². The maximum Gasteiger partial charge on any atom is 0.220 e. The molecule has 1 amide bonds. The second-order valence-electron chi connectivity index (χ2n) is 4.78. The maximum atomic E-state index is 10.9. The summed E-state index contributed by atoms with van der Waals surface area (Å²) in [5.74, 6) is 0.776. The number of carbonyl (C=O) groups is 1. The average molecular weight is 197 g/mol. The highest BCUT2D eigenvalue weighted by Gasteiger charge is 2.21. The monoisotopic (exact) mass is 197 g/mol. The molecule has 1 fully saturated rings. The summed E-state index contributed by atoms with van der Waals surface area (Å²) in [6, 6.07) is 0.184. The molecule has 0 saturated carbocycles. The van der Waals surface area contributed by atoms with Crippen LogP contribution in [0.2, 0.25) is 0 Å². The van der Waals surface area contributed by atoms with E-state index in [9.17, 15) is 4.79 Å². The number of hydrogen-bond acceptors (Lipinski definition) is 2. The maximum absolute atomic E-state index is 10.9. The fourth-order valence-corrected chi connectivity index (χ4v) is 1.26. The minimum Gasteiger partial charge on any atom is -0.387 e. The van der Waals surface area contributed by atoms with Gasteiger partial charge >= 0.3 is 0 Å². The summed E-state index contributed by atoms with van der Waals surface area (Å²) in [4.78, 5) is 15.2. The minimum absolute atomic E-state index is 0.0807. The molecule has 4 heteroatoms. The first-order chi connectivity index (χ1) is 6.39. The molecule has 4 nitrogen and oxygen atoms in total. The lowest BCUT2D eigenvalue weighted by Gasteiger charge is -2.18. The fraction of sp³-hybridized carbons (Fsp3) is 0.800. The highest BCUT2D eigenvalue weighted by atomic mass is 16.1. The van der Waals surface area contributed by atoms with Crippen LogP contribution in [0.15, 0.2) is 4.99 Å². The van der Waals surface area contributed by atoms with Gasteiger partial charge in [-0.3, -0.25) is 9.79 Å². The van der Waals surface area contributed by atoms with Crippen molar-refractivity contribution in [2.24, 2.45) is 16.1 Å². The van der Waals surface area contributed by atoms with Gasteiger partial charge in [0, 0.05) is 17.9 Å². The summed E-state index contributed by atoms with van der Waals surface area (Å²) >= 11 is 0. The van der Waals surface area contributed by atoms with E-state index in [1.807, 2.05) is 20.8 Å². The molecule has 3 N–H and O–H groups in total. The number of carbonyl (C=O) groups excluding carboxylic acids is 1. The molecule has 80 valence electrons. The molecule has 0 aromatic carbocycles. The van der Waals surface area contributed by atoms with Gasteiger partial charge in [0.05, 0.1) is 12.4 Å². The standard InChI is InChI=1S/C10H19N3O/c1-10(2,3)9(11)12-6-7-4-5-8(14)13-7/h7H,4-6H2,1-3H3,(H2,11,12)(H,13,14). The van der Waals surface area contributed by atoms with E-state index in [1.165, 1.54) is 0 Å². The molecular formula is C10H19N3O. The molecular weight excluding hydrogens is 178 g/mol. The van der Waals surface area contributed by atoms with Crippen molar-refractivity contribution in [1.29, 1.82) is 0 Å². The zero-order chi connectivity index (χ0) is 10.8. The number of nitrogens with zero attached hydrogens (tertiary/aromatic N) is 1. The molecule has 14 heavy (non-hydrogen) atoms. The first-order valence-corrected chi connectivity index (χ1v) is 4.99. The van der Waals surface area contributed by atoms with Crippen molar-refractivity contribution in [2.45, 2.75) is 39.7 Å².